The minimum atomic E-state index is 0.531. The van der Waals surface area contributed by atoms with Crippen LogP contribution in [-0.4, -0.2) is 14.8 Å². The maximum Gasteiger partial charge on any atom is 0.216 e. The van der Waals surface area contributed by atoms with E-state index < -0.39 is 0 Å². The molecule has 0 atom stereocenters. The zero-order chi connectivity index (χ0) is 13.9. The lowest BCUT2D eigenvalue weighted by Crippen LogP contribution is -2.01. The Labute approximate surface area is 126 Å². The fourth-order valence-corrected chi connectivity index (χ4v) is 2.39. The van der Waals surface area contributed by atoms with Gasteiger partial charge in [0.2, 0.25) is 4.77 Å². The molecule has 0 saturated heterocycles. The van der Waals surface area contributed by atoms with Crippen LogP contribution in [0.4, 0.5) is 0 Å². The number of hydrogen-bond donors (Lipinski definition) is 1. The van der Waals surface area contributed by atoms with Gasteiger partial charge < -0.3 is 0 Å². The summed E-state index contributed by atoms with van der Waals surface area (Å²) in [7, 11) is 0. The van der Waals surface area contributed by atoms with Crippen molar-refractivity contribution >= 4 is 23.8 Å². The number of H-pyrrole nitrogens is 1. The predicted molar refractivity (Wildman–Crippen MR) is 83.4 cm³/mol. The first-order valence-electron chi connectivity index (χ1n) is 6.19. The van der Waals surface area contributed by atoms with E-state index in [9.17, 15) is 0 Å². The Morgan fingerprint density at radius 2 is 1.90 bits per heavy atom. The number of benzene rings is 2. The minimum absolute atomic E-state index is 0.531. The summed E-state index contributed by atoms with van der Waals surface area (Å²) < 4.78 is 2.38. The topological polar surface area (TPSA) is 33.6 Å². The fraction of sp³-hybridized carbons (Fsp3) is 0.0667. The molecule has 0 saturated carbocycles. The molecule has 1 heterocycles. The van der Waals surface area contributed by atoms with Gasteiger partial charge in [0.25, 0.3) is 0 Å². The smallest absolute Gasteiger partial charge is 0.216 e. The molecule has 0 aliphatic rings. The molecule has 0 unspecified atom stereocenters. The number of nitrogens with zero attached hydrogens (tertiary/aromatic N) is 2. The molecule has 3 aromatic rings. The van der Waals surface area contributed by atoms with Crippen LogP contribution in [0.25, 0.3) is 11.4 Å². The molecule has 1 aromatic heterocycles. The highest BCUT2D eigenvalue weighted by Gasteiger charge is 2.05. The van der Waals surface area contributed by atoms with Crippen molar-refractivity contribution in [1.29, 1.82) is 0 Å². The number of halogens is 1. The van der Waals surface area contributed by atoms with Gasteiger partial charge in [-0.25, -0.2) is 0 Å². The fourth-order valence-electron chi connectivity index (χ4n) is 1.99. The second-order valence-corrected chi connectivity index (χ2v) is 5.24. The van der Waals surface area contributed by atoms with E-state index in [-0.39, 0.29) is 0 Å². The lowest BCUT2D eigenvalue weighted by molar-refractivity contribution is 0.677. The molecule has 0 radical (unpaired) electrons. The average molecular weight is 302 g/mol. The summed E-state index contributed by atoms with van der Waals surface area (Å²) in [6.07, 6.45) is 0. The molecule has 1 N–H and O–H groups in total. The van der Waals surface area contributed by atoms with Gasteiger partial charge in [0.15, 0.2) is 5.82 Å². The second-order valence-electron chi connectivity index (χ2n) is 4.44. The summed E-state index contributed by atoms with van der Waals surface area (Å²) in [6.45, 7) is 0.674. The van der Waals surface area contributed by atoms with E-state index >= 15 is 0 Å². The van der Waals surface area contributed by atoms with Crippen molar-refractivity contribution in [2.75, 3.05) is 0 Å². The second kappa shape index (κ2) is 5.61. The third kappa shape index (κ3) is 2.81. The molecule has 2 aromatic carbocycles. The van der Waals surface area contributed by atoms with Gasteiger partial charge in [-0.2, -0.15) is 4.98 Å². The van der Waals surface area contributed by atoms with Crippen LogP contribution in [0, 0.1) is 4.77 Å². The Bertz CT molecular complexity index is 777. The average Bonchev–Trinajstić information content (AvgIpc) is 2.81. The van der Waals surface area contributed by atoms with Gasteiger partial charge in [0.1, 0.15) is 0 Å². The Morgan fingerprint density at radius 1 is 1.10 bits per heavy atom. The van der Waals surface area contributed by atoms with Gasteiger partial charge >= 0.3 is 0 Å². The molecule has 100 valence electrons. The Balaban J connectivity index is 1.94. The number of aromatic amines is 1. The van der Waals surface area contributed by atoms with Crippen molar-refractivity contribution < 1.29 is 0 Å². The van der Waals surface area contributed by atoms with Crippen LogP contribution in [0.5, 0.6) is 0 Å². The van der Waals surface area contributed by atoms with Gasteiger partial charge in [-0.1, -0.05) is 54.1 Å². The highest BCUT2D eigenvalue weighted by Crippen LogP contribution is 2.19. The number of aromatic nitrogens is 3. The van der Waals surface area contributed by atoms with Crippen LogP contribution in [-0.2, 0) is 6.54 Å². The van der Waals surface area contributed by atoms with Crippen LogP contribution in [0.3, 0.4) is 0 Å². The molecule has 0 aliphatic carbocycles. The summed E-state index contributed by atoms with van der Waals surface area (Å²) >= 11 is 11.3. The van der Waals surface area contributed by atoms with Gasteiger partial charge in [-0.3, -0.25) is 9.78 Å². The van der Waals surface area contributed by atoms with E-state index in [0.717, 1.165) is 11.4 Å². The highest BCUT2D eigenvalue weighted by atomic mass is 35.5. The van der Waals surface area contributed by atoms with E-state index in [0.29, 0.717) is 16.3 Å². The summed E-state index contributed by atoms with van der Waals surface area (Å²) in [5.74, 6) is 0.730. The zero-order valence-electron chi connectivity index (χ0n) is 10.6. The Kier molecular flexibility index (Phi) is 3.67. The molecule has 3 rings (SSSR count). The SMILES string of the molecule is S=c1nc(-c2cccc(Cl)c2)[nH]n1Cc1ccccc1. The van der Waals surface area contributed by atoms with Crippen LogP contribution in [0.1, 0.15) is 5.56 Å². The number of rotatable bonds is 3. The normalized spacial score (nSPS) is 10.7. The molecule has 5 heteroatoms. The molecular formula is C15H12ClN3S. The highest BCUT2D eigenvalue weighted by molar-refractivity contribution is 7.71. The van der Waals surface area contributed by atoms with Gasteiger partial charge in [0, 0.05) is 10.6 Å². The standard InChI is InChI=1S/C15H12ClN3S/c16-13-8-4-7-12(9-13)14-17-15(20)19(18-14)10-11-5-2-1-3-6-11/h1-9H,10H2,(H,17,18,20). The van der Waals surface area contributed by atoms with E-state index in [2.05, 4.69) is 22.2 Å². The quantitative estimate of drug-likeness (QED) is 0.731. The van der Waals surface area contributed by atoms with Crippen molar-refractivity contribution in [3.05, 3.63) is 70.0 Å². The summed E-state index contributed by atoms with van der Waals surface area (Å²) in [5, 5.41) is 3.90. The lowest BCUT2D eigenvalue weighted by Gasteiger charge is -2.02. The van der Waals surface area contributed by atoms with E-state index in [1.165, 1.54) is 5.56 Å². The Hall–Kier alpha value is -1.91. The molecule has 0 aliphatic heterocycles. The van der Waals surface area contributed by atoms with Crippen molar-refractivity contribution in [2.45, 2.75) is 6.54 Å². The van der Waals surface area contributed by atoms with Gasteiger partial charge in [-0.05, 0) is 29.9 Å². The van der Waals surface area contributed by atoms with Crippen molar-refractivity contribution in [3.63, 3.8) is 0 Å². The maximum absolute atomic E-state index is 6.00. The van der Waals surface area contributed by atoms with Gasteiger partial charge in [-0.15, -0.1) is 0 Å². The van der Waals surface area contributed by atoms with E-state index in [1.807, 2.05) is 47.1 Å². The minimum Gasteiger partial charge on any atom is -0.279 e. The molecule has 0 fully saturated rings. The van der Waals surface area contributed by atoms with Crippen LogP contribution in [0.2, 0.25) is 5.02 Å². The third-order valence-electron chi connectivity index (χ3n) is 2.96. The number of nitrogens with one attached hydrogen (secondary N) is 1. The first-order valence-corrected chi connectivity index (χ1v) is 6.98. The molecule has 3 nitrogen and oxygen atoms in total. The monoisotopic (exact) mass is 301 g/mol. The van der Waals surface area contributed by atoms with E-state index in [1.54, 1.807) is 0 Å². The molecular weight excluding hydrogens is 290 g/mol. The van der Waals surface area contributed by atoms with Crippen LogP contribution >= 0.6 is 23.8 Å². The maximum atomic E-state index is 6.00. The summed E-state index contributed by atoms with van der Waals surface area (Å²) in [5.41, 5.74) is 2.10. The van der Waals surface area contributed by atoms with E-state index in [4.69, 9.17) is 23.8 Å². The molecule has 0 spiro atoms. The van der Waals surface area contributed by atoms with Crippen LogP contribution < -0.4 is 0 Å². The third-order valence-corrected chi connectivity index (χ3v) is 3.51. The van der Waals surface area contributed by atoms with Crippen molar-refractivity contribution in [2.24, 2.45) is 0 Å². The van der Waals surface area contributed by atoms with Crippen molar-refractivity contribution in [1.82, 2.24) is 14.8 Å². The van der Waals surface area contributed by atoms with Crippen LogP contribution in [0.15, 0.2) is 54.6 Å². The molecule has 0 amide bonds. The summed E-state index contributed by atoms with van der Waals surface area (Å²) in [6, 6.07) is 17.7. The molecule has 0 bridgehead atoms. The summed E-state index contributed by atoms with van der Waals surface area (Å²) in [4.78, 5) is 4.38. The lowest BCUT2D eigenvalue weighted by atomic mass is 10.2. The largest absolute Gasteiger partial charge is 0.279 e. The Morgan fingerprint density at radius 3 is 2.65 bits per heavy atom. The van der Waals surface area contributed by atoms with Crippen molar-refractivity contribution in [3.8, 4) is 11.4 Å². The predicted octanol–water partition coefficient (Wildman–Crippen LogP) is 4.31. The number of hydrogen-bond acceptors (Lipinski definition) is 2. The zero-order valence-corrected chi connectivity index (χ0v) is 12.2. The molecule has 20 heavy (non-hydrogen) atoms. The van der Waals surface area contributed by atoms with Gasteiger partial charge in [0.05, 0.1) is 6.54 Å². The first kappa shape index (κ1) is 13.1. The first-order chi connectivity index (χ1) is 9.72.